The summed E-state index contributed by atoms with van der Waals surface area (Å²) in [6, 6.07) is 7.97. The molecule has 0 saturated heterocycles. The second-order valence-electron chi connectivity index (χ2n) is 4.16. The van der Waals surface area contributed by atoms with Crippen molar-refractivity contribution in [2.45, 2.75) is 6.54 Å². The fourth-order valence-electron chi connectivity index (χ4n) is 1.70. The van der Waals surface area contributed by atoms with Gasteiger partial charge in [-0.2, -0.15) is 0 Å². The molecular weight excluding hydrogens is 258 g/mol. The van der Waals surface area contributed by atoms with Gasteiger partial charge in [0.05, 0.1) is 12.7 Å². The number of carbonyl (C=O) groups excluding carboxylic acids is 1. The molecule has 6 nitrogen and oxygen atoms in total. The molecule has 6 heteroatoms. The van der Waals surface area contributed by atoms with Crippen molar-refractivity contribution in [2.24, 2.45) is 0 Å². The molecule has 20 heavy (non-hydrogen) atoms. The molecule has 1 aromatic heterocycles. The van der Waals surface area contributed by atoms with Crippen LogP contribution in [0.25, 0.3) is 0 Å². The van der Waals surface area contributed by atoms with E-state index in [1.165, 1.54) is 19.4 Å². The van der Waals surface area contributed by atoms with E-state index in [2.05, 4.69) is 15.0 Å². The summed E-state index contributed by atoms with van der Waals surface area (Å²) in [5.41, 5.74) is 7.28. The molecule has 0 aliphatic carbocycles. The lowest BCUT2D eigenvalue weighted by atomic mass is 10.1. The van der Waals surface area contributed by atoms with Gasteiger partial charge >= 0.3 is 5.97 Å². The Labute approximate surface area is 116 Å². The number of ether oxygens (including phenoxy) is 1. The summed E-state index contributed by atoms with van der Waals surface area (Å²) >= 11 is 0. The molecule has 4 N–H and O–H groups in total. The normalized spacial score (nSPS) is 10.1. The van der Waals surface area contributed by atoms with Gasteiger partial charge in [-0.25, -0.2) is 9.78 Å². The molecule has 2 aromatic rings. The lowest BCUT2D eigenvalue weighted by Gasteiger charge is -2.09. The molecule has 0 spiro atoms. The third-order valence-corrected chi connectivity index (χ3v) is 2.74. The average Bonchev–Trinajstić information content (AvgIpc) is 2.47. The van der Waals surface area contributed by atoms with E-state index in [1.54, 1.807) is 24.3 Å². The lowest BCUT2D eigenvalue weighted by molar-refractivity contribution is 0.0600. The predicted octanol–water partition coefficient (Wildman–Crippen LogP) is 1.77. The van der Waals surface area contributed by atoms with Crippen LogP contribution in [0.5, 0.6) is 5.75 Å². The number of hydrogen-bond donors (Lipinski definition) is 3. The summed E-state index contributed by atoms with van der Waals surface area (Å²) in [5, 5.41) is 12.7. The third kappa shape index (κ3) is 3.17. The fourth-order valence-corrected chi connectivity index (χ4v) is 1.70. The zero-order chi connectivity index (χ0) is 14.5. The maximum atomic E-state index is 11.4. The minimum Gasteiger partial charge on any atom is -0.508 e. The van der Waals surface area contributed by atoms with Gasteiger partial charge in [0, 0.05) is 24.0 Å². The third-order valence-electron chi connectivity index (χ3n) is 2.74. The lowest BCUT2D eigenvalue weighted by Crippen LogP contribution is -2.05. The van der Waals surface area contributed by atoms with Gasteiger partial charge in [-0.1, -0.05) is 0 Å². The molecule has 0 aliphatic rings. The Balaban J connectivity index is 2.11. The Bertz CT molecular complexity index is 629. The molecule has 1 heterocycles. The number of pyridine rings is 1. The Hall–Kier alpha value is -2.76. The molecule has 0 radical (unpaired) electrons. The van der Waals surface area contributed by atoms with Crippen LogP contribution in [0.3, 0.4) is 0 Å². The van der Waals surface area contributed by atoms with Crippen molar-refractivity contribution in [1.82, 2.24) is 4.98 Å². The van der Waals surface area contributed by atoms with Crippen molar-refractivity contribution < 1.29 is 14.6 Å². The zero-order valence-electron chi connectivity index (χ0n) is 11.0. The van der Waals surface area contributed by atoms with Crippen LogP contribution < -0.4 is 11.1 Å². The number of nitrogens with two attached hydrogens (primary N) is 1. The van der Waals surface area contributed by atoms with Crippen LogP contribution in [-0.4, -0.2) is 23.2 Å². The zero-order valence-corrected chi connectivity index (χ0v) is 11.0. The molecule has 1 aromatic carbocycles. The summed E-state index contributed by atoms with van der Waals surface area (Å²) < 4.78 is 4.64. The minimum atomic E-state index is -0.428. The van der Waals surface area contributed by atoms with Crippen LogP contribution in [0.15, 0.2) is 36.5 Å². The van der Waals surface area contributed by atoms with Crippen molar-refractivity contribution in [3.8, 4) is 5.75 Å². The quantitative estimate of drug-likeness (QED) is 0.446. The number of methoxy groups -OCH3 is 1. The molecule has 0 bridgehead atoms. The van der Waals surface area contributed by atoms with Crippen LogP contribution in [0.1, 0.15) is 15.9 Å². The highest BCUT2D eigenvalue weighted by Crippen LogP contribution is 2.20. The predicted molar refractivity (Wildman–Crippen MR) is 75.4 cm³/mol. The number of phenols is 1. The maximum Gasteiger partial charge on any atom is 0.338 e. The van der Waals surface area contributed by atoms with Gasteiger partial charge in [-0.05, 0) is 30.3 Å². The molecule has 104 valence electrons. The monoisotopic (exact) mass is 273 g/mol. The fraction of sp³-hybridized carbons (Fsp3) is 0.143. The van der Waals surface area contributed by atoms with Gasteiger partial charge in [0.1, 0.15) is 11.6 Å². The standard InChI is InChI=1S/C14H15N3O3/c1-20-14(19)9-4-5-16-13(7-9)17-8-10-6-11(15)2-3-12(10)18/h2-7,18H,8,15H2,1H3,(H,16,17). The molecule has 0 fully saturated rings. The van der Waals surface area contributed by atoms with E-state index in [0.717, 1.165) is 0 Å². The number of nitrogens with zero attached hydrogens (tertiary/aromatic N) is 1. The number of rotatable bonds is 4. The van der Waals surface area contributed by atoms with E-state index in [1.807, 2.05) is 0 Å². The topological polar surface area (TPSA) is 97.5 Å². The molecule has 0 amide bonds. The first-order chi connectivity index (χ1) is 9.60. The largest absolute Gasteiger partial charge is 0.508 e. The SMILES string of the molecule is COC(=O)c1ccnc(NCc2cc(N)ccc2O)c1. The summed E-state index contributed by atoms with van der Waals surface area (Å²) in [4.78, 5) is 15.5. The van der Waals surface area contributed by atoms with Crippen LogP contribution in [0.2, 0.25) is 0 Å². The van der Waals surface area contributed by atoms with E-state index in [9.17, 15) is 9.90 Å². The number of hydrogen-bond acceptors (Lipinski definition) is 6. The second-order valence-corrected chi connectivity index (χ2v) is 4.16. The van der Waals surface area contributed by atoms with E-state index < -0.39 is 5.97 Å². The first-order valence-electron chi connectivity index (χ1n) is 5.96. The Kier molecular flexibility index (Phi) is 4.05. The molecule has 0 atom stereocenters. The number of phenolic OH excluding ortho intramolecular Hbond substituents is 1. The van der Waals surface area contributed by atoms with Crippen LogP contribution >= 0.6 is 0 Å². The summed E-state index contributed by atoms with van der Waals surface area (Å²) in [7, 11) is 1.32. The first-order valence-corrected chi connectivity index (χ1v) is 5.96. The van der Waals surface area contributed by atoms with Crippen molar-refractivity contribution in [3.05, 3.63) is 47.7 Å². The van der Waals surface area contributed by atoms with Gasteiger partial charge in [0.25, 0.3) is 0 Å². The first kappa shape index (κ1) is 13.7. The Morgan fingerprint density at radius 2 is 2.20 bits per heavy atom. The van der Waals surface area contributed by atoms with E-state index >= 15 is 0 Å². The second kappa shape index (κ2) is 5.92. The van der Waals surface area contributed by atoms with Gasteiger partial charge in [0.2, 0.25) is 0 Å². The highest BCUT2D eigenvalue weighted by atomic mass is 16.5. The molecule has 0 aliphatic heterocycles. The number of anilines is 2. The highest BCUT2D eigenvalue weighted by Gasteiger charge is 2.07. The van der Waals surface area contributed by atoms with Crippen LogP contribution in [0.4, 0.5) is 11.5 Å². The van der Waals surface area contributed by atoms with Crippen LogP contribution in [-0.2, 0) is 11.3 Å². The van der Waals surface area contributed by atoms with Gasteiger partial charge in [0.15, 0.2) is 0 Å². The number of aromatic hydroxyl groups is 1. The Morgan fingerprint density at radius 3 is 2.95 bits per heavy atom. The number of aromatic nitrogens is 1. The van der Waals surface area contributed by atoms with E-state index in [0.29, 0.717) is 29.2 Å². The van der Waals surface area contributed by atoms with Crippen molar-refractivity contribution >= 4 is 17.5 Å². The van der Waals surface area contributed by atoms with Crippen LogP contribution in [0, 0.1) is 0 Å². The maximum absolute atomic E-state index is 11.4. The van der Waals surface area contributed by atoms with Crippen molar-refractivity contribution in [3.63, 3.8) is 0 Å². The number of nitrogen functional groups attached to an aromatic ring is 1. The minimum absolute atomic E-state index is 0.149. The average molecular weight is 273 g/mol. The summed E-state index contributed by atoms with van der Waals surface area (Å²) in [6.07, 6.45) is 1.51. The Morgan fingerprint density at radius 1 is 1.40 bits per heavy atom. The molecule has 0 saturated carbocycles. The van der Waals surface area contributed by atoms with Crippen molar-refractivity contribution in [1.29, 1.82) is 0 Å². The highest BCUT2D eigenvalue weighted by molar-refractivity contribution is 5.89. The van der Waals surface area contributed by atoms with Gasteiger partial charge in [-0.15, -0.1) is 0 Å². The molecule has 2 rings (SSSR count). The summed E-state index contributed by atoms with van der Waals surface area (Å²) in [6.45, 7) is 0.342. The number of esters is 1. The number of benzene rings is 1. The van der Waals surface area contributed by atoms with Gasteiger partial charge in [-0.3, -0.25) is 0 Å². The van der Waals surface area contributed by atoms with Crippen molar-refractivity contribution in [2.75, 3.05) is 18.2 Å². The van der Waals surface area contributed by atoms with E-state index in [4.69, 9.17) is 5.73 Å². The number of carbonyl (C=O) groups is 1. The summed E-state index contributed by atoms with van der Waals surface area (Å²) in [5.74, 6) is 0.229. The molecule has 0 unspecified atom stereocenters. The molecular formula is C14H15N3O3. The number of nitrogens with one attached hydrogen (secondary N) is 1. The smallest absolute Gasteiger partial charge is 0.338 e. The van der Waals surface area contributed by atoms with E-state index in [-0.39, 0.29) is 5.75 Å². The van der Waals surface area contributed by atoms with Gasteiger partial charge < -0.3 is 20.9 Å².